The Balaban J connectivity index is 1.00. The minimum absolute atomic E-state index is 0.221. The summed E-state index contributed by atoms with van der Waals surface area (Å²) in [5.41, 5.74) is 4.59. The Kier molecular flexibility index (Phi) is 7.07. The molecule has 4 aromatic rings. The first kappa shape index (κ1) is 24.9. The molecule has 0 bridgehead atoms. The van der Waals surface area contributed by atoms with Crippen molar-refractivity contribution in [3.8, 4) is 11.4 Å². The number of hydrogen-bond donors (Lipinski definition) is 0. The molecule has 2 aliphatic rings. The molecule has 0 amide bonds. The zero-order chi connectivity index (χ0) is 26.1. The van der Waals surface area contributed by atoms with E-state index in [1.807, 2.05) is 49.5 Å². The quantitative estimate of drug-likeness (QED) is 0.263. The number of imidazole rings is 1. The monoisotopic (exact) mass is 510 g/mol. The van der Waals surface area contributed by atoms with Crippen LogP contribution >= 0.6 is 0 Å². The van der Waals surface area contributed by atoms with Crippen LogP contribution in [0.25, 0.3) is 22.3 Å². The topological polar surface area (TPSA) is 51.0 Å². The summed E-state index contributed by atoms with van der Waals surface area (Å²) in [6.45, 7) is 2.93. The number of hydrogen-bond acceptors (Lipinski definition) is 4. The van der Waals surface area contributed by atoms with E-state index in [-0.39, 0.29) is 11.6 Å². The third-order valence-electron chi connectivity index (χ3n) is 8.69. The van der Waals surface area contributed by atoms with Crippen LogP contribution < -0.4 is 0 Å². The minimum Gasteiger partial charge on any atom is -0.331 e. The molecule has 38 heavy (non-hydrogen) atoms. The van der Waals surface area contributed by atoms with Crippen LogP contribution in [-0.2, 0) is 20.0 Å². The first-order chi connectivity index (χ1) is 18.6. The highest BCUT2D eigenvalue weighted by atomic mass is 19.1. The number of ketones is 1. The number of Topliss-reactive ketones (excluding diaryl/α,β-unsaturated/α-hetero) is 1. The number of rotatable bonds is 7. The van der Waals surface area contributed by atoms with E-state index in [1.165, 1.54) is 31.0 Å². The fraction of sp³-hybridized carbons (Fsp3) is 0.406. The van der Waals surface area contributed by atoms with E-state index < -0.39 is 0 Å². The van der Waals surface area contributed by atoms with Gasteiger partial charge in [-0.15, -0.1) is 0 Å². The smallest absolute Gasteiger partial charge is 0.163 e. The summed E-state index contributed by atoms with van der Waals surface area (Å²) < 4.78 is 16.5. The number of aromatic nitrogens is 3. The van der Waals surface area contributed by atoms with Crippen molar-refractivity contribution < 1.29 is 9.18 Å². The Morgan fingerprint density at radius 1 is 1.00 bits per heavy atom. The third-order valence-corrected chi connectivity index (χ3v) is 8.69. The molecule has 2 aromatic heterocycles. The lowest BCUT2D eigenvalue weighted by atomic mass is 9.78. The first-order valence-corrected chi connectivity index (χ1v) is 14.0. The number of nitrogens with zero attached hydrogens (tertiary/aromatic N) is 4. The molecule has 5 nitrogen and oxygen atoms in total. The second kappa shape index (κ2) is 10.8. The van der Waals surface area contributed by atoms with E-state index in [9.17, 15) is 9.18 Å². The van der Waals surface area contributed by atoms with Gasteiger partial charge in [-0.2, -0.15) is 0 Å². The highest BCUT2D eigenvalue weighted by molar-refractivity contribution is 6.07. The molecule has 0 unspecified atom stereocenters. The number of halogens is 1. The van der Waals surface area contributed by atoms with Gasteiger partial charge < -0.3 is 4.57 Å². The normalized spacial score (nSPS) is 19.9. The van der Waals surface area contributed by atoms with Crippen LogP contribution in [0.3, 0.4) is 0 Å². The summed E-state index contributed by atoms with van der Waals surface area (Å²) in [7, 11) is 2.00. The minimum atomic E-state index is -0.221. The molecule has 6 heteroatoms. The molecular formula is C32H35FN4O. The SMILES string of the molecule is Cn1c(-c2ccccc2F)nc2c1CCN(CCC1CCC(CC(=O)c3cccc4ncccc34)CC1)C2. The second-order valence-corrected chi connectivity index (χ2v) is 11.1. The maximum atomic E-state index is 14.4. The predicted molar refractivity (Wildman–Crippen MR) is 148 cm³/mol. The third kappa shape index (κ3) is 5.02. The predicted octanol–water partition coefficient (Wildman–Crippen LogP) is 6.60. The number of pyridine rings is 1. The molecule has 1 fully saturated rings. The van der Waals surface area contributed by atoms with Crippen LogP contribution in [0.1, 0.15) is 60.3 Å². The van der Waals surface area contributed by atoms with Crippen LogP contribution in [0.5, 0.6) is 0 Å². The zero-order valence-corrected chi connectivity index (χ0v) is 22.1. The first-order valence-electron chi connectivity index (χ1n) is 14.0. The van der Waals surface area contributed by atoms with Gasteiger partial charge in [0.1, 0.15) is 11.6 Å². The second-order valence-electron chi connectivity index (χ2n) is 11.1. The molecule has 0 saturated heterocycles. The average molecular weight is 511 g/mol. The molecule has 1 saturated carbocycles. The van der Waals surface area contributed by atoms with Gasteiger partial charge in [-0.25, -0.2) is 9.37 Å². The van der Waals surface area contributed by atoms with Crippen molar-refractivity contribution in [3.05, 3.63) is 83.6 Å². The molecule has 0 spiro atoms. The van der Waals surface area contributed by atoms with Crippen LogP contribution in [-0.4, -0.2) is 38.3 Å². The molecule has 6 rings (SSSR count). The molecule has 196 valence electrons. The lowest BCUT2D eigenvalue weighted by Crippen LogP contribution is -2.33. The summed E-state index contributed by atoms with van der Waals surface area (Å²) in [5.74, 6) is 1.96. The molecule has 3 heterocycles. The van der Waals surface area contributed by atoms with Crippen molar-refractivity contribution in [2.75, 3.05) is 13.1 Å². The van der Waals surface area contributed by atoms with Gasteiger partial charge in [0, 0.05) is 55.8 Å². The van der Waals surface area contributed by atoms with E-state index in [0.717, 1.165) is 72.8 Å². The van der Waals surface area contributed by atoms with Crippen LogP contribution in [0.4, 0.5) is 4.39 Å². The summed E-state index contributed by atoms with van der Waals surface area (Å²) in [6.07, 6.45) is 9.24. The van der Waals surface area contributed by atoms with E-state index >= 15 is 0 Å². The van der Waals surface area contributed by atoms with Crippen LogP contribution in [0, 0.1) is 17.7 Å². The Labute approximate surface area is 223 Å². The van der Waals surface area contributed by atoms with Gasteiger partial charge in [-0.1, -0.05) is 43.2 Å². The van der Waals surface area contributed by atoms with Gasteiger partial charge in [-0.05, 0) is 61.9 Å². The van der Waals surface area contributed by atoms with Crippen LogP contribution in [0.15, 0.2) is 60.8 Å². The Bertz CT molecular complexity index is 1450. The summed E-state index contributed by atoms with van der Waals surface area (Å²) in [4.78, 5) is 24.9. The standard InChI is InChI=1S/C32H35FN4O/c1-36-30-16-19-37(21-29(30)35-32(36)26-6-2-3-9-27(26)33)18-15-22-11-13-23(14-12-22)20-31(38)25-7-4-10-28-24(25)8-5-17-34-28/h2-10,17,22-23H,11-16,18-21H2,1H3. The van der Waals surface area contributed by atoms with E-state index in [2.05, 4.69) is 14.5 Å². The fourth-order valence-electron chi connectivity index (χ4n) is 6.46. The van der Waals surface area contributed by atoms with Gasteiger partial charge in [0.2, 0.25) is 0 Å². The van der Waals surface area contributed by atoms with E-state index in [1.54, 1.807) is 12.3 Å². The number of carbonyl (C=O) groups is 1. The highest BCUT2D eigenvalue weighted by Gasteiger charge is 2.27. The number of fused-ring (bicyclic) bond motifs is 2. The van der Waals surface area contributed by atoms with Gasteiger partial charge in [0.05, 0.1) is 16.8 Å². The zero-order valence-electron chi connectivity index (χ0n) is 22.1. The van der Waals surface area contributed by atoms with Crippen molar-refractivity contribution >= 4 is 16.7 Å². The van der Waals surface area contributed by atoms with Crippen molar-refractivity contribution in [2.45, 2.75) is 51.5 Å². The lowest BCUT2D eigenvalue weighted by Gasteiger charge is -2.31. The highest BCUT2D eigenvalue weighted by Crippen LogP contribution is 2.35. The molecular weight excluding hydrogens is 475 g/mol. The summed E-state index contributed by atoms with van der Waals surface area (Å²) >= 11 is 0. The van der Waals surface area contributed by atoms with Crippen molar-refractivity contribution in [3.63, 3.8) is 0 Å². The fourth-order valence-corrected chi connectivity index (χ4v) is 6.46. The molecule has 0 N–H and O–H groups in total. The Morgan fingerprint density at radius 3 is 2.66 bits per heavy atom. The molecule has 1 aliphatic heterocycles. The van der Waals surface area contributed by atoms with Gasteiger partial charge in [0.15, 0.2) is 5.78 Å². The average Bonchev–Trinajstić information content (AvgIpc) is 3.27. The van der Waals surface area contributed by atoms with E-state index in [4.69, 9.17) is 4.98 Å². The van der Waals surface area contributed by atoms with Gasteiger partial charge in [0.25, 0.3) is 0 Å². The van der Waals surface area contributed by atoms with Gasteiger partial charge >= 0.3 is 0 Å². The van der Waals surface area contributed by atoms with Crippen molar-refractivity contribution in [2.24, 2.45) is 18.9 Å². The Hall–Kier alpha value is -3.38. The molecule has 0 radical (unpaired) electrons. The molecule has 2 aromatic carbocycles. The van der Waals surface area contributed by atoms with Crippen LogP contribution in [0.2, 0.25) is 0 Å². The summed E-state index contributed by atoms with van der Waals surface area (Å²) in [6, 6.07) is 16.7. The van der Waals surface area contributed by atoms with Gasteiger partial charge in [-0.3, -0.25) is 14.7 Å². The van der Waals surface area contributed by atoms with E-state index in [0.29, 0.717) is 17.9 Å². The molecule has 1 aliphatic carbocycles. The number of carbonyl (C=O) groups excluding carboxylic acids is 1. The lowest BCUT2D eigenvalue weighted by molar-refractivity contribution is 0.0941. The maximum Gasteiger partial charge on any atom is 0.163 e. The maximum absolute atomic E-state index is 14.4. The summed E-state index contributed by atoms with van der Waals surface area (Å²) in [5, 5.41) is 0.965. The van der Waals surface area contributed by atoms with Crippen molar-refractivity contribution in [1.29, 1.82) is 0 Å². The largest absolute Gasteiger partial charge is 0.331 e. The Morgan fingerprint density at radius 2 is 1.82 bits per heavy atom. The number of benzene rings is 2. The van der Waals surface area contributed by atoms with Crippen molar-refractivity contribution in [1.82, 2.24) is 19.4 Å². The molecule has 0 atom stereocenters.